The zero-order chi connectivity index (χ0) is 26.3. The molecule has 14 nitrogen and oxygen atoms in total. The van der Waals surface area contributed by atoms with Crippen molar-refractivity contribution in [1.82, 2.24) is 60.5 Å². The molecule has 0 saturated carbocycles. The summed E-state index contributed by atoms with van der Waals surface area (Å²) in [5.74, 6) is -5.24. The third-order valence-corrected chi connectivity index (χ3v) is 5.69. The van der Waals surface area contributed by atoms with Gasteiger partial charge in [0.2, 0.25) is 11.6 Å². The SMILES string of the molecule is C.O=C1c2cc(F)c(F)cc2-c2nc3nnnn3nc21.O=C1c2cc(F)c(F)cc2-c2nn3nnnc3nc21. The first kappa shape index (κ1) is 23.7. The van der Waals surface area contributed by atoms with Crippen LogP contribution >= 0.6 is 0 Å². The summed E-state index contributed by atoms with van der Waals surface area (Å²) < 4.78 is 54.9. The van der Waals surface area contributed by atoms with Crippen molar-refractivity contribution in [3.63, 3.8) is 0 Å². The van der Waals surface area contributed by atoms with E-state index in [1.165, 1.54) is 0 Å². The van der Waals surface area contributed by atoms with Gasteiger partial charge in [0.15, 0.2) is 29.0 Å². The van der Waals surface area contributed by atoms with Crippen LogP contribution in [-0.2, 0) is 0 Å². The van der Waals surface area contributed by atoms with Gasteiger partial charge in [-0.25, -0.2) is 27.5 Å². The monoisotopic (exact) mass is 536 g/mol. The lowest BCUT2D eigenvalue weighted by atomic mass is 10.1. The molecular weight excluding hydrogens is 528 g/mol. The first-order chi connectivity index (χ1) is 18.3. The van der Waals surface area contributed by atoms with Gasteiger partial charge in [-0.05, 0) is 45.1 Å². The van der Waals surface area contributed by atoms with E-state index in [0.717, 1.165) is 33.5 Å². The fourth-order valence-corrected chi connectivity index (χ4v) is 4.01. The first-order valence-corrected chi connectivity index (χ1v) is 10.3. The third-order valence-electron chi connectivity index (χ3n) is 5.69. The van der Waals surface area contributed by atoms with E-state index >= 15 is 0 Å². The largest absolute Gasteiger partial charge is 0.292 e. The van der Waals surface area contributed by atoms with Gasteiger partial charge < -0.3 is 0 Å². The fourth-order valence-electron chi connectivity index (χ4n) is 4.01. The molecule has 0 aliphatic heterocycles. The molecule has 0 N–H and O–H groups in total. The summed E-state index contributed by atoms with van der Waals surface area (Å²) in [4.78, 5) is 32.1. The van der Waals surface area contributed by atoms with Crippen LogP contribution in [0.5, 0.6) is 0 Å². The molecule has 0 fully saturated rings. The van der Waals surface area contributed by atoms with E-state index in [1.807, 2.05) is 0 Å². The summed E-state index contributed by atoms with van der Waals surface area (Å²) in [6, 6.07) is 3.51. The van der Waals surface area contributed by atoms with E-state index in [1.54, 1.807) is 0 Å². The minimum atomic E-state index is -1.09. The lowest BCUT2D eigenvalue weighted by Gasteiger charge is -1.99. The Hall–Kier alpha value is -5.68. The Morgan fingerprint density at radius 2 is 0.949 bits per heavy atom. The number of halogens is 4. The highest BCUT2D eigenvalue weighted by Crippen LogP contribution is 2.36. The van der Waals surface area contributed by atoms with Crippen LogP contribution in [-0.4, -0.2) is 72.0 Å². The van der Waals surface area contributed by atoms with Gasteiger partial charge in [0.1, 0.15) is 17.1 Å². The molecule has 39 heavy (non-hydrogen) atoms. The molecule has 0 amide bonds. The molecule has 0 radical (unpaired) electrons. The molecule has 8 rings (SSSR count). The highest BCUT2D eigenvalue weighted by molar-refractivity contribution is 6.20. The standard InChI is InChI=1S/2C10H2F2N6O.CH4/c11-5-1-3-4(2-6(5)12)9(19)8-7(3)15-18-10(13-8)14-16-17-18;11-5-1-3-4(2-6(5)12)9(19)8-7(3)13-10-14-16-17-18(10)15-8;/h2*1-2H;1H4. The number of nitrogens with zero attached hydrogens (tertiary/aromatic N) is 12. The highest BCUT2D eigenvalue weighted by Gasteiger charge is 2.34. The van der Waals surface area contributed by atoms with E-state index in [-0.39, 0.29) is 64.0 Å². The molecule has 2 aliphatic rings. The highest BCUT2D eigenvalue weighted by atomic mass is 19.2. The van der Waals surface area contributed by atoms with Crippen molar-refractivity contribution in [2.45, 2.75) is 7.43 Å². The van der Waals surface area contributed by atoms with Gasteiger partial charge in [-0.15, -0.1) is 10.2 Å². The van der Waals surface area contributed by atoms with Crippen molar-refractivity contribution in [3.8, 4) is 22.5 Å². The number of benzene rings is 2. The maximum atomic E-state index is 13.3. The van der Waals surface area contributed by atoms with Gasteiger partial charge >= 0.3 is 0 Å². The van der Waals surface area contributed by atoms with E-state index in [9.17, 15) is 27.2 Å². The van der Waals surface area contributed by atoms with Crippen LogP contribution in [0.3, 0.4) is 0 Å². The molecular formula is C21H8F4N12O2. The fraction of sp³-hybridized carbons (Fsp3) is 0.0476. The molecule has 0 atom stereocenters. The number of ketones is 2. The molecule has 2 aliphatic carbocycles. The molecule has 6 aromatic rings. The van der Waals surface area contributed by atoms with Crippen LogP contribution in [0.1, 0.15) is 39.5 Å². The topological polar surface area (TPSA) is 172 Å². The number of fused-ring (bicyclic) bond motifs is 8. The summed E-state index contributed by atoms with van der Waals surface area (Å²) in [5, 5.41) is 28.8. The average Bonchev–Trinajstić information content (AvgIpc) is 3.66. The second-order valence-electron chi connectivity index (χ2n) is 7.84. The minimum Gasteiger partial charge on any atom is -0.287 e. The van der Waals surface area contributed by atoms with Crippen molar-refractivity contribution in [3.05, 3.63) is 70.0 Å². The molecule has 2 aromatic carbocycles. The summed E-state index contributed by atoms with van der Waals surface area (Å²) >= 11 is 0. The van der Waals surface area contributed by atoms with Crippen molar-refractivity contribution < 1.29 is 27.2 Å². The molecule has 0 spiro atoms. The van der Waals surface area contributed by atoms with Crippen LogP contribution in [0.2, 0.25) is 0 Å². The summed E-state index contributed by atoms with van der Waals surface area (Å²) in [5.41, 5.74) is 0.674. The summed E-state index contributed by atoms with van der Waals surface area (Å²) in [7, 11) is 0. The lowest BCUT2D eigenvalue weighted by Crippen LogP contribution is -2.06. The van der Waals surface area contributed by atoms with Gasteiger partial charge in [-0.2, -0.15) is 0 Å². The van der Waals surface area contributed by atoms with E-state index in [2.05, 4.69) is 51.2 Å². The third kappa shape index (κ3) is 3.34. The van der Waals surface area contributed by atoms with E-state index in [0.29, 0.717) is 0 Å². The Kier molecular flexibility index (Phi) is 4.96. The molecule has 18 heteroatoms. The van der Waals surface area contributed by atoms with Gasteiger partial charge in [0.05, 0.1) is 0 Å². The quantitative estimate of drug-likeness (QED) is 0.256. The second kappa shape index (κ2) is 8.16. The maximum Gasteiger partial charge on any atom is 0.292 e. The van der Waals surface area contributed by atoms with Crippen LogP contribution in [0.15, 0.2) is 24.3 Å². The van der Waals surface area contributed by atoms with Gasteiger partial charge in [0.25, 0.3) is 11.6 Å². The zero-order valence-electron chi connectivity index (χ0n) is 18.0. The number of hydrogen-bond acceptors (Lipinski definition) is 12. The van der Waals surface area contributed by atoms with Crippen molar-refractivity contribution in [1.29, 1.82) is 0 Å². The van der Waals surface area contributed by atoms with E-state index in [4.69, 9.17) is 0 Å². The average molecular weight is 536 g/mol. The number of tetrazole rings is 2. The number of rotatable bonds is 0. The van der Waals surface area contributed by atoms with Crippen LogP contribution in [0, 0.1) is 23.3 Å². The van der Waals surface area contributed by atoms with Gasteiger partial charge in [0, 0.05) is 22.3 Å². The molecule has 4 heterocycles. The number of carbonyl (C=O) groups is 2. The maximum absolute atomic E-state index is 13.3. The van der Waals surface area contributed by atoms with Crippen LogP contribution < -0.4 is 0 Å². The minimum absolute atomic E-state index is 0. The van der Waals surface area contributed by atoms with Crippen LogP contribution in [0.25, 0.3) is 34.1 Å². The number of hydrogen-bond donors (Lipinski definition) is 0. The van der Waals surface area contributed by atoms with Gasteiger partial charge in [-0.3, -0.25) is 9.59 Å². The predicted molar refractivity (Wildman–Crippen MR) is 117 cm³/mol. The van der Waals surface area contributed by atoms with Crippen molar-refractivity contribution in [2.24, 2.45) is 0 Å². The zero-order valence-corrected chi connectivity index (χ0v) is 18.0. The Bertz CT molecular complexity index is 1890. The molecule has 192 valence electrons. The number of aromatic nitrogens is 12. The Labute approximate surface area is 211 Å². The summed E-state index contributed by atoms with van der Waals surface area (Å²) in [6.45, 7) is 0. The summed E-state index contributed by atoms with van der Waals surface area (Å²) in [6.07, 6.45) is 0. The van der Waals surface area contributed by atoms with Gasteiger partial charge in [-0.1, -0.05) is 26.9 Å². The second-order valence-corrected chi connectivity index (χ2v) is 7.84. The predicted octanol–water partition coefficient (Wildman–Crippen LogP) is 1.44. The molecule has 0 unspecified atom stereocenters. The first-order valence-electron chi connectivity index (χ1n) is 10.3. The Balaban J connectivity index is 0.000000138. The normalized spacial score (nSPS) is 12.5. The smallest absolute Gasteiger partial charge is 0.287 e. The van der Waals surface area contributed by atoms with Crippen molar-refractivity contribution in [2.75, 3.05) is 0 Å². The van der Waals surface area contributed by atoms with Crippen molar-refractivity contribution >= 4 is 23.1 Å². The molecule has 0 bridgehead atoms. The Morgan fingerprint density at radius 1 is 0.538 bits per heavy atom. The molecule has 0 saturated heterocycles. The number of carbonyl (C=O) groups excluding carboxylic acids is 2. The Morgan fingerprint density at radius 3 is 1.49 bits per heavy atom. The lowest BCUT2D eigenvalue weighted by molar-refractivity contribution is 0.103. The van der Waals surface area contributed by atoms with Crippen LogP contribution in [0.4, 0.5) is 17.6 Å². The molecule has 4 aromatic heterocycles. The van der Waals surface area contributed by atoms with E-state index < -0.39 is 34.8 Å².